The van der Waals surface area contributed by atoms with E-state index >= 15 is 0 Å². The van der Waals surface area contributed by atoms with Gasteiger partial charge in [-0.3, -0.25) is 4.98 Å². The first-order chi connectivity index (χ1) is 8.92. The largest absolute Gasteiger partial charge is 0.384 e. The normalized spacial score (nSPS) is 20.3. The minimum atomic E-state index is 0.507. The van der Waals surface area contributed by atoms with Crippen LogP contribution in [0.3, 0.4) is 0 Å². The molecular formula is C16H16N2. The van der Waals surface area contributed by atoms with E-state index in [1.54, 1.807) is 0 Å². The standard InChI is InChI=1S/C16H16N2/c1-2-11-3-5-14(16(11)18-8-1)12-4-6-15-13(10-12)7-9-17-15/h1-2,4,6,8,10,14,17H,3,5,7,9H2. The molecule has 0 fully saturated rings. The minimum absolute atomic E-state index is 0.507. The molecule has 0 bridgehead atoms. The van der Waals surface area contributed by atoms with E-state index in [1.807, 2.05) is 12.3 Å². The fourth-order valence-corrected chi connectivity index (χ4v) is 3.28. The number of hydrogen-bond acceptors (Lipinski definition) is 2. The van der Waals surface area contributed by atoms with Crippen molar-refractivity contribution < 1.29 is 0 Å². The van der Waals surface area contributed by atoms with Gasteiger partial charge in [-0.25, -0.2) is 0 Å². The van der Waals surface area contributed by atoms with Crippen LogP contribution < -0.4 is 5.32 Å². The molecule has 2 nitrogen and oxygen atoms in total. The van der Waals surface area contributed by atoms with E-state index in [1.165, 1.54) is 40.9 Å². The molecule has 1 atom stereocenters. The number of benzene rings is 1. The van der Waals surface area contributed by atoms with Crippen molar-refractivity contribution in [3.05, 3.63) is 58.9 Å². The second-order valence-corrected chi connectivity index (χ2v) is 5.23. The molecule has 2 aliphatic rings. The second-order valence-electron chi connectivity index (χ2n) is 5.23. The summed E-state index contributed by atoms with van der Waals surface area (Å²) in [5.74, 6) is 0.507. The maximum absolute atomic E-state index is 4.59. The zero-order chi connectivity index (χ0) is 11.9. The van der Waals surface area contributed by atoms with E-state index in [2.05, 4.69) is 34.6 Å². The van der Waals surface area contributed by atoms with E-state index in [4.69, 9.17) is 0 Å². The van der Waals surface area contributed by atoms with Gasteiger partial charge in [0, 0.05) is 24.3 Å². The van der Waals surface area contributed by atoms with Crippen molar-refractivity contribution in [3.8, 4) is 0 Å². The van der Waals surface area contributed by atoms with Crippen molar-refractivity contribution in [1.29, 1.82) is 0 Å². The average Bonchev–Trinajstić information content (AvgIpc) is 3.04. The molecule has 0 saturated carbocycles. The minimum Gasteiger partial charge on any atom is -0.384 e. The fourth-order valence-electron chi connectivity index (χ4n) is 3.28. The average molecular weight is 236 g/mol. The van der Waals surface area contributed by atoms with Crippen molar-refractivity contribution in [2.45, 2.75) is 25.2 Å². The molecule has 90 valence electrons. The lowest BCUT2D eigenvalue weighted by Crippen LogP contribution is -1.99. The van der Waals surface area contributed by atoms with Crippen molar-refractivity contribution >= 4 is 5.69 Å². The lowest BCUT2D eigenvalue weighted by Gasteiger charge is -2.12. The summed E-state index contributed by atoms with van der Waals surface area (Å²) >= 11 is 0. The van der Waals surface area contributed by atoms with Gasteiger partial charge in [-0.1, -0.05) is 18.2 Å². The number of anilines is 1. The maximum Gasteiger partial charge on any atom is 0.0510 e. The molecule has 1 aliphatic carbocycles. The van der Waals surface area contributed by atoms with Gasteiger partial charge < -0.3 is 5.32 Å². The van der Waals surface area contributed by atoms with Crippen molar-refractivity contribution in [2.24, 2.45) is 0 Å². The zero-order valence-corrected chi connectivity index (χ0v) is 10.3. The summed E-state index contributed by atoms with van der Waals surface area (Å²) in [6.07, 6.45) is 5.46. The quantitative estimate of drug-likeness (QED) is 0.823. The third-order valence-corrected chi connectivity index (χ3v) is 4.20. The molecule has 0 amide bonds. The number of rotatable bonds is 1. The van der Waals surface area contributed by atoms with Crippen LogP contribution in [0, 0.1) is 0 Å². The van der Waals surface area contributed by atoms with Crippen LogP contribution in [0.25, 0.3) is 0 Å². The third-order valence-electron chi connectivity index (χ3n) is 4.20. The number of fused-ring (bicyclic) bond motifs is 2. The molecule has 2 aromatic rings. The molecule has 2 heteroatoms. The Hall–Kier alpha value is -1.83. The summed E-state index contributed by atoms with van der Waals surface area (Å²) in [6.45, 7) is 1.08. The van der Waals surface area contributed by atoms with Gasteiger partial charge in [-0.05, 0) is 48.1 Å². The predicted molar refractivity (Wildman–Crippen MR) is 73.0 cm³/mol. The maximum atomic E-state index is 4.59. The molecule has 0 saturated heterocycles. The molecule has 0 spiro atoms. The first-order valence-corrected chi connectivity index (χ1v) is 6.72. The topological polar surface area (TPSA) is 24.9 Å². The Balaban J connectivity index is 1.77. The van der Waals surface area contributed by atoms with Gasteiger partial charge in [0.05, 0.1) is 5.69 Å². The summed E-state index contributed by atoms with van der Waals surface area (Å²) in [4.78, 5) is 4.59. The summed E-state index contributed by atoms with van der Waals surface area (Å²) < 4.78 is 0. The Morgan fingerprint density at radius 1 is 1.11 bits per heavy atom. The van der Waals surface area contributed by atoms with Crippen molar-refractivity contribution in [2.75, 3.05) is 11.9 Å². The van der Waals surface area contributed by atoms with E-state index < -0.39 is 0 Å². The zero-order valence-electron chi connectivity index (χ0n) is 10.3. The SMILES string of the molecule is c1cnc2c(c1)CCC2c1ccc2c(c1)CCN2. The molecule has 1 N–H and O–H groups in total. The Bertz CT molecular complexity index is 604. The van der Waals surface area contributed by atoms with Crippen molar-refractivity contribution in [3.63, 3.8) is 0 Å². The number of pyridine rings is 1. The molecule has 4 rings (SSSR count). The van der Waals surface area contributed by atoms with Gasteiger partial charge in [-0.2, -0.15) is 0 Å². The molecule has 1 aromatic heterocycles. The van der Waals surface area contributed by atoms with Crippen LogP contribution in [0.5, 0.6) is 0 Å². The highest BCUT2D eigenvalue weighted by Crippen LogP contribution is 2.38. The van der Waals surface area contributed by atoms with Crippen LogP contribution in [0.2, 0.25) is 0 Å². The van der Waals surface area contributed by atoms with E-state index in [0.29, 0.717) is 5.92 Å². The third kappa shape index (κ3) is 1.45. The predicted octanol–water partition coefficient (Wildman–Crippen LogP) is 3.13. The second kappa shape index (κ2) is 3.84. The Kier molecular flexibility index (Phi) is 2.16. The highest BCUT2D eigenvalue weighted by molar-refractivity contribution is 5.57. The van der Waals surface area contributed by atoms with Crippen LogP contribution in [0.1, 0.15) is 34.7 Å². The van der Waals surface area contributed by atoms with Crippen LogP contribution in [-0.4, -0.2) is 11.5 Å². The van der Waals surface area contributed by atoms with Crippen LogP contribution in [0.4, 0.5) is 5.69 Å². The summed E-state index contributed by atoms with van der Waals surface area (Å²) in [5, 5.41) is 3.42. The van der Waals surface area contributed by atoms with E-state index in [0.717, 1.165) is 13.0 Å². The number of nitrogens with one attached hydrogen (secondary N) is 1. The molecule has 18 heavy (non-hydrogen) atoms. The number of nitrogens with zero attached hydrogens (tertiary/aromatic N) is 1. The first kappa shape index (κ1) is 10.1. The number of aryl methyl sites for hydroxylation is 1. The highest BCUT2D eigenvalue weighted by Gasteiger charge is 2.25. The van der Waals surface area contributed by atoms with Crippen LogP contribution >= 0.6 is 0 Å². The van der Waals surface area contributed by atoms with Gasteiger partial charge in [0.15, 0.2) is 0 Å². The number of hydrogen-bond donors (Lipinski definition) is 1. The number of aromatic nitrogens is 1. The molecule has 1 aliphatic heterocycles. The van der Waals surface area contributed by atoms with Crippen LogP contribution in [0.15, 0.2) is 36.5 Å². The van der Waals surface area contributed by atoms with Crippen molar-refractivity contribution in [1.82, 2.24) is 4.98 Å². The lowest BCUT2D eigenvalue weighted by atomic mass is 9.94. The lowest BCUT2D eigenvalue weighted by molar-refractivity contribution is 0.771. The Labute approximate surface area is 107 Å². The first-order valence-electron chi connectivity index (χ1n) is 6.72. The molecule has 1 aromatic carbocycles. The summed E-state index contributed by atoms with van der Waals surface area (Å²) in [7, 11) is 0. The van der Waals surface area contributed by atoms with Gasteiger partial charge in [0.2, 0.25) is 0 Å². The van der Waals surface area contributed by atoms with Gasteiger partial charge in [0.25, 0.3) is 0 Å². The fraction of sp³-hybridized carbons (Fsp3) is 0.312. The molecule has 2 heterocycles. The van der Waals surface area contributed by atoms with E-state index in [9.17, 15) is 0 Å². The van der Waals surface area contributed by atoms with E-state index in [-0.39, 0.29) is 0 Å². The smallest absolute Gasteiger partial charge is 0.0510 e. The summed E-state index contributed by atoms with van der Waals surface area (Å²) in [6, 6.07) is 11.2. The van der Waals surface area contributed by atoms with Gasteiger partial charge in [-0.15, -0.1) is 0 Å². The Morgan fingerprint density at radius 3 is 3.11 bits per heavy atom. The molecule has 0 radical (unpaired) electrons. The van der Waals surface area contributed by atoms with Crippen LogP contribution in [-0.2, 0) is 12.8 Å². The Morgan fingerprint density at radius 2 is 2.11 bits per heavy atom. The summed E-state index contributed by atoms with van der Waals surface area (Å²) in [5.41, 5.74) is 6.95. The molecule has 1 unspecified atom stereocenters. The monoisotopic (exact) mass is 236 g/mol. The van der Waals surface area contributed by atoms with Gasteiger partial charge in [0.1, 0.15) is 0 Å². The molecular weight excluding hydrogens is 220 g/mol. The highest BCUT2D eigenvalue weighted by atomic mass is 14.9. The van der Waals surface area contributed by atoms with Gasteiger partial charge >= 0.3 is 0 Å².